The number of carbonyl (C=O) groups is 1. The minimum atomic E-state index is -0.217. The molecule has 1 amide bonds. The van der Waals surface area contributed by atoms with Crippen LogP contribution in [0.5, 0.6) is 0 Å². The van der Waals surface area contributed by atoms with E-state index < -0.39 is 0 Å². The molecule has 0 aliphatic rings. The maximum Gasteiger partial charge on any atom is 0.236 e. The number of aromatic nitrogens is 2. The summed E-state index contributed by atoms with van der Waals surface area (Å²) in [6, 6.07) is 17.7. The van der Waals surface area contributed by atoms with Crippen LogP contribution in [0.2, 0.25) is 0 Å². The van der Waals surface area contributed by atoms with E-state index in [1.165, 1.54) is 6.92 Å². The van der Waals surface area contributed by atoms with Gasteiger partial charge in [-0.1, -0.05) is 46.3 Å². The molecule has 0 saturated carbocycles. The lowest BCUT2D eigenvalue weighted by molar-refractivity contribution is -0.118. The van der Waals surface area contributed by atoms with E-state index in [1.807, 2.05) is 60.8 Å². The van der Waals surface area contributed by atoms with Crippen LogP contribution in [0.3, 0.4) is 0 Å². The third-order valence-electron chi connectivity index (χ3n) is 3.29. The summed E-state index contributed by atoms with van der Waals surface area (Å²) in [4.78, 5) is 11.0. The molecule has 0 aliphatic carbocycles. The van der Waals surface area contributed by atoms with Crippen molar-refractivity contribution in [2.45, 2.75) is 6.92 Å². The standard InChI is InChI=1S/C18H15BrN4O/c1-13(24)21-20-11-15-12-23(17-8-3-2-4-9-17)22-18(15)14-6-5-7-16(19)10-14/h2-12H,1H3,(H,21,24)/b20-11-. The number of halogens is 1. The first kappa shape index (κ1) is 16.1. The SMILES string of the molecule is CC(=O)N/N=C\c1cn(-c2ccccc2)nc1-c1cccc(Br)c1. The van der Waals surface area contributed by atoms with Gasteiger partial charge in [0.15, 0.2) is 0 Å². The van der Waals surface area contributed by atoms with Crippen molar-refractivity contribution in [1.82, 2.24) is 15.2 Å². The summed E-state index contributed by atoms with van der Waals surface area (Å²) < 4.78 is 2.77. The number of nitrogens with one attached hydrogen (secondary N) is 1. The predicted octanol–water partition coefficient (Wildman–Crippen LogP) is 3.77. The van der Waals surface area contributed by atoms with Crippen LogP contribution in [-0.4, -0.2) is 21.9 Å². The van der Waals surface area contributed by atoms with Crippen molar-refractivity contribution >= 4 is 28.1 Å². The van der Waals surface area contributed by atoms with Crippen molar-refractivity contribution in [3.63, 3.8) is 0 Å². The van der Waals surface area contributed by atoms with Crippen LogP contribution in [-0.2, 0) is 4.79 Å². The van der Waals surface area contributed by atoms with Gasteiger partial charge >= 0.3 is 0 Å². The van der Waals surface area contributed by atoms with E-state index in [9.17, 15) is 4.79 Å². The first-order chi connectivity index (χ1) is 11.6. The van der Waals surface area contributed by atoms with Crippen LogP contribution in [0, 0.1) is 0 Å². The van der Waals surface area contributed by atoms with Gasteiger partial charge in [-0.05, 0) is 24.3 Å². The minimum Gasteiger partial charge on any atom is -0.274 e. The van der Waals surface area contributed by atoms with Gasteiger partial charge in [-0.15, -0.1) is 0 Å². The number of carbonyl (C=O) groups excluding carboxylic acids is 1. The molecule has 1 N–H and O–H groups in total. The van der Waals surface area contributed by atoms with Crippen molar-refractivity contribution in [3.05, 3.63) is 70.8 Å². The second-order valence-corrected chi connectivity index (χ2v) is 6.07. The number of hydrogen-bond donors (Lipinski definition) is 1. The van der Waals surface area contributed by atoms with Crippen LogP contribution in [0.15, 0.2) is 70.4 Å². The van der Waals surface area contributed by atoms with Gasteiger partial charge in [-0.3, -0.25) is 4.79 Å². The fourth-order valence-corrected chi connectivity index (χ4v) is 2.65. The van der Waals surface area contributed by atoms with Gasteiger partial charge < -0.3 is 0 Å². The Morgan fingerprint density at radius 1 is 1.21 bits per heavy atom. The molecule has 3 rings (SSSR count). The molecule has 0 atom stereocenters. The molecule has 24 heavy (non-hydrogen) atoms. The van der Waals surface area contributed by atoms with E-state index in [0.29, 0.717) is 0 Å². The normalized spacial score (nSPS) is 10.9. The largest absolute Gasteiger partial charge is 0.274 e. The van der Waals surface area contributed by atoms with Gasteiger partial charge in [0, 0.05) is 28.7 Å². The molecule has 5 nitrogen and oxygen atoms in total. The highest BCUT2D eigenvalue weighted by Crippen LogP contribution is 2.25. The fourth-order valence-electron chi connectivity index (χ4n) is 2.25. The van der Waals surface area contributed by atoms with Gasteiger partial charge in [0.25, 0.3) is 0 Å². The van der Waals surface area contributed by atoms with E-state index in [-0.39, 0.29) is 5.91 Å². The number of para-hydroxylation sites is 1. The fraction of sp³-hybridized carbons (Fsp3) is 0.0556. The Bertz CT molecular complexity index is 887. The molecular weight excluding hydrogens is 368 g/mol. The van der Waals surface area contributed by atoms with Crippen molar-refractivity contribution < 1.29 is 4.79 Å². The number of nitrogens with zero attached hydrogens (tertiary/aromatic N) is 3. The summed E-state index contributed by atoms with van der Waals surface area (Å²) >= 11 is 3.48. The van der Waals surface area contributed by atoms with Gasteiger partial charge in [0.2, 0.25) is 5.91 Å². The number of amides is 1. The molecule has 0 radical (unpaired) electrons. The average molecular weight is 383 g/mol. The zero-order valence-corrected chi connectivity index (χ0v) is 14.6. The second-order valence-electron chi connectivity index (χ2n) is 5.15. The zero-order chi connectivity index (χ0) is 16.9. The highest BCUT2D eigenvalue weighted by atomic mass is 79.9. The molecule has 2 aromatic carbocycles. The van der Waals surface area contributed by atoms with Crippen LogP contribution in [0.4, 0.5) is 0 Å². The first-order valence-corrected chi connectivity index (χ1v) is 8.13. The second kappa shape index (κ2) is 7.23. The molecule has 0 saturated heterocycles. The Kier molecular flexibility index (Phi) is 4.86. The zero-order valence-electron chi connectivity index (χ0n) is 13.0. The van der Waals surface area contributed by atoms with Crippen molar-refractivity contribution in [3.8, 4) is 16.9 Å². The van der Waals surface area contributed by atoms with Crippen LogP contribution in [0.25, 0.3) is 16.9 Å². The van der Waals surface area contributed by atoms with Crippen molar-refractivity contribution in [1.29, 1.82) is 0 Å². The van der Waals surface area contributed by atoms with Crippen LogP contribution < -0.4 is 5.43 Å². The third kappa shape index (κ3) is 3.78. The molecule has 1 aromatic heterocycles. The number of hydrazone groups is 1. The number of rotatable bonds is 4. The average Bonchev–Trinajstić information content (AvgIpc) is 2.99. The topological polar surface area (TPSA) is 59.3 Å². The monoisotopic (exact) mass is 382 g/mol. The molecule has 1 heterocycles. The third-order valence-corrected chi connectivity index (χ3v) is 3.78. The number of benzene rings is 2. The molecular formula is C18H15BrN4O. The molecule has 3 aromatic rings. The number of hydrogen-bond acceptors (Lipinski definition) is 3. The maximum absolute atomic E-state index is 11.0. The summed E-state index contributed by atoms with van der Waals surface area (Å²) in [5, 5.41) is 8.65. The Morgan fingerprint density at radius 2 is 2.00 bits per heavy atom. The highest BCUT2D eigenvalue weighted by Gasteiger charge is 2.11. The van der Waals surface area contributed by atoms with E-state index in [0.717, 1.165) is 27.0 Å². The molecule has 0 spiro atoms. The minimum absolute atomic E-state index is 0.217. The molecule has 0 bridgehead atoms. The van der Waals surface area contributed by atoms with Crippen molar-refractivity contribution in [2.24, 2.45) is 5.10 Å². The van der Waals surface area contributed by atoms with Crippen LogP contribution >= 0.6 is 15.9 Å². The maximum atomic E-state index is 11.0. The summed E-state index contributed by atoms with van der Waals surface area (Å²) in [6.45, 7) is 1.42. The lowest BCUT2D eigenvalue weighted by Gasteiger charge is -2.01. The smallest absolute Gasteiger partial charge is 0.236 e. The van der Waals surface area contributed by atoms with Gasteiger partial charge in [-0.25, -0.2) is 10.1 Å². The lowest BCUT2D eigenvalue weighted by Crippen LogP contribution is -2.12. The summed E-state index contributed by atoms with van der Waals surface area (Å²) in [5.74, 6) is -0.217. The van der Waals surface area contributed by atoms with E-state index in [4.69, 9.17) is 0 Å². The summed E-state index contributed by atoms with van der Waals surface area (Å²) in [5.41, 5.74) is 5.93. The Morgan fingerprint density at radius 3 is 2.71 bits per heavy atom. The van der Waals surface area contributed by atoms with Crippen molar-refractivity contribution in [2.75, 3.05) is 0 Å². The molecule has 0 fully saturated rings. The highest BCUT2D eigenvalue weighted by molar-refractivity contribution is 9.10. The Labute approximate surface area is 148 Å². The quantitative estimate of drug-likeness (QED) is 0.551. The summed E-state index contributed by atoms with van der Waals surface area (Å²) in [6.07, 6.45) is 3.49. The van der Waals surface area contributed by atoms with Gasteiger partial charge in [-0.2, -0.15) is 10.2 Å². The Hall–Kier alpha value is -2.73. The molecule has 0 aliphatic heterocycles. The Balaban J connectivity index is 2.06. The molecule has 120 valence electrons. The van der Waals surface area contributed by atoms with E-state index >= 15 is 0 Å². The summed E-state index contributed by atoms with van der Waals surface area (Å²) in [7, 11) is 0. The lowest BCUT2D eigenvalue weighted by atomic mass is 10.1. The molecule has 0 unspecified atom stereocenters. The van der Waals surface area contributed by atoms with Gasteiger partial charge in [0.1, 0.15) is 5.69 Å². The molecule has 6 heteroatoms. The van der Waals surface area contributed by atoms with Gasteiger partial charge in [0.05, 0.1) is 11.9 Å². The predicted molar refractivity (Wildman–Crippen MR) is 98.1 cm³/mol. The van der Waals surface area contributed by atoms with Crippen LogP contribution in [0.1, 0.15) is 12.5 Å². The van der Waals surface area contributed by atoms with E-state index in [1.54, 1.807) is 10.9 Å². The first-order valence-electron chi connectivity index (χ1n) is 7.34. The van der Waals surface area contributed by atoms with E-state index in [2.05, 4.69) is 31.6 Å².